The van der Waals surface area contributed by atoms with E-state index in [-0.39, 0.29) is 5.91 Å². The first-order valence-corrected chi connectivity index (χ1v) is 5.25. The minimum atomic E-state index is -0.184. The summed E-state index contributed by atoms with van der Waals surface area (Å²) < 4.78 is 0. The van der Waals surface area contributed by atoms with Crippen LogP contribution >= 0.6 is 0 Å². The summed E-state index contributed by atoms with van der Waals surface area (Å²) in [5.74, 6) is -0.184. The van der Waals surface area contributed by atoms with E-state index in [2.05, 4.69) is 22.2 Å². The van der Waals surface area contributed by atoms with Crippen molar-refractivity contribution in [2.75, 3.05) is 11.9 Å². The normalized spacial score (nSPS) is 9.94. The van der Waals surface area contributed by atoms with Gasteiger partial charge < -0.3 is 10.6 Å². The molecule has 0 unspecified atom stereocenters. The maximum Gasteiger partial charge on any atom is 0.270 e. The lowest BCUT2D eigenvalue weighted by Gasteiger charge is -2.09. The Morgan fingerprint density at radius 3 is 2.81 bits per heavy atom. The highest BCUT2D eigenvalue weighted by molar-refractivity contribution is 5.92. The molecule has 86 valence electrons. The highest BCUT2D eigenvalue weighted by Gasteiger charge is 2.05. The summed E-state index contributed by atoms with van der Waals surface area (Å²) in [5, 5.41) is 5.87. The number of nitrogens with one attached hydrogen (secondary N) is 2. The Bertz CT molecular complexity index is 357. The van der Waals surface area contributed by atoms with Crippen LogP contribution in [-0.4, -0.2) is 23.5 Å². The number of rotatable bonds is 5. The number of carbonyl (C=O) groups is 1. The molecule has 0 saturated heterocycles. The number of hydrogen-bond donors (Lipinski definition) is 2. The summed E-state index contributed by atoms with van der Waals surface area (Å²) in [4.78, 5) is 15.6. The minimum absolute atomic E-state index is 0.184. The van der Waals surface area contributed by atoms with E-state index in [1.54, 1.807) is 18.3 Å². The van der Waals surface area contributed by atoms with Crippen molar-refractivity contribution >= 4 is 11.6 Å². The number of anilines is 1. The fourth-order valence-corrected chi connectivity index (χ4v) is 1.20. The molecule has 0 saturated carbocycles. The molecule has 4 nitrogen and oxygen atoms in total. The van der Waals surface area contributed by atoms with E-state index in [1.165, 1.54) is 0 Å². The molecule has 0 aliphatic rings. The van der Waals surface area contributed by atoms with Crippen LogP contribution in [0.25, 0.3) is 0 Å². The lowest BCUT2D eigenvalue weighted by molar-refractivity contribution is 0.0953. The van der Waals surface area contributed by atoms with Crippen LogP contribution in [0.3, 0.4) is 0 Å². The largest absolute Gasteiger partial charge is 0.382 e. The molecule has 0 atom stereocenters. The van der Waals surface area contributed by atoms with Crippen molar-refractivity contribution in [1.29, 1.82) is 0 Å². The number of aromatic nitrogens is 1. The van der Waals surface area contributed by atoms with Gasteiger partial charge in [-0.1, -0.05) is 6.08 Å². The van der Waals surface area contributed by atoms with E-state index in [0.29, 0.717) is 18.3 Å². The quantitative estimate of drug-likeness (QED) is 0.743. The average Bonchev–Trinajstić information content (AvgIpc) is 2.26. The summed E-state index contributed by atoms with van der Waals surface area (Å²) in [6.45, 7) is 8.07. The van der Waals surface area contributed by atoms with Crippen molar-refractivity contribution in [3.63, 3.8) is 0 Å². The fraction of sp³-hybridized carbons (Fsp3) is 0.333. The molecular formula is C12H17N3O. The molecule has 16 heavy (non-hydrogen) atoms. The number of pyridine rings is 1. The van der Waals surface area contributed by atoms with Gasteiger partial charge in [-0.05, 0) is 26.0 Å². The third-order valence-corrected chi connectivity index (χ3v) is 1.86. The Kier molecular flexibility index (Phi) is 4.51. The van der Waals surface area contributed by atoms with Gasteiger partial charge in [0.2, 0.25) is 0 Å². The van der Waals surface area contributed by atoms with Gasteiger partial charge in [-0.25, -0.2) is 4.98 Å². The lowest BCUT2D eigenvalue weighted by atomic mass is 10.3. The molecule has 0 aromatic carbocycles. The van der Waals surface area contributed by atoms with E-state index >= 15 is 0 Å². The SMILES string of the molecule is C=CCNC(=O)c1ccc(NC(C)C)cn1. The average molecular weight is 219 g/mol. The van der Waals surface area contributed by atoms with E-state index in [4.69, 9.17) is 0 Å². The van der Waals surface area contributed by atoms with Crippen molar-refractivity contribution in [3.05, 3.63) is 36.7 Å². The van der Waals surface area contributed by atoms with Gasteiger partial charge >= 0.3 is 0 Å². The molecule has 2 N–H and O–H groups in total. The molecule has 0 spiro atoms. The van der Waals surface area contributed by atoms with Crippen molar-refractivity contribution in [2.45, 2.75) is 19.9 Å². The maximum absolute atomic E-state index is 11.5. The van der Waals surface area contributed by atoms with Gasteiger partial charge in [-0.2, -0.15) is 0 Å². The first-order valence-electron chi connectivity index (χ1n) is 5.25. The monoisotopic (exact) mass is 219 g/mol. The molecule has 0 bridgehead atoms. The second-order valence-corrected chi connectivity index (χ2v) is 3.73. The van der Waals surface area contributed by atoms with E-state index in [1.807, 2.05) is 19.9 Å². The zero-order valence-corrected chi connectivity index (χ0v) is 9.66. The zero-order chi connectivity index (χ0) is 12.0. The van der Waals surface area contributed by atoms with E-state index in [0.717, 1.165) is 5.69 Å². The first kappa shape index (κ1) is 12.2. The number of carbonyl (C=O) groups excluding carboxylic acids is 1. The smallest absolute Gasteiger partial charge is 0.270 e. The number of hydrogen-bond acceptors (Lipinski definition) is 3. The Morgan fingerprint density at radius 2 is 2.31 bits per heavy atom. The standard InChI is InChI=1S/C12H17N3O/c1-4-7-13-12(16)11-6-5-10(8-14-11)15-9(2)3/h4-6,8-9,15H,1,7H2,2-3H3,(H,13,16). The van der Waals surface area contributed by atoms with Gasteiger partial charge in [-0.3, -0.25) is 4.79 Å². The van der Waals surface area contributed by atoms with Gasteiger partial charge in [0.15, 0.2) is 0 Å². The summed E-state index contributed by atoms with van der Waals surface area (Å²) in [7, 11) is 0. The lowest BCUT2D eigenvalue weighted by Crippen LogP contribution is -2.24. The third-order valence-electron chi connectivity index (χ3n) is 1.86. The van der Waals surface area contributed by atoms with Crippen molar-refractivity contribution in [1.82, 2.24) is 10.3 Å². The highest BCUT2D eigenvalue weighted by Crippen LogP contribution is 2.07. The van der Waals surface area contributed by atoms with Crippen LogP contribution in [0, 0.1) is 0 Å². The number of nitrogens with zero attached hydrogens (tertiary/aromatic N) is 1. The molecule has 0 aliphatic carbocycles. The van der Waals surface area contributed by atoms with Crippen LogP contribution in [0.5, 0.6) is 0 Å². The minimum Gasteiger partial charge on any atom is -0.382 e. The predicted molar refractivity (Wildman–Crippen MR) is 65.5 cm³/mol. The Balaban J connectivity index is 2.63. The van der Waals surface area contributed by atoms with Gasteiger partial charge in [-0.15, -0.1) is 6.58 Å². The topological polar surface area (TPSA) is 54.0 Å². The van der Waals surface area contributed by atoms with Gasteiger partial charge in [0.25, 0.3) is 5.91 Å². The van der Waals surface area contributed by atoms with Crippen LogP contribution in [0.2, 0.25) is 0 Å². The molecule has 0 fully saturated rings. The maximum atomic E-state index is 11.5. The molecule has 1 aromatic rings. The zero-order valence-electron chi connectivity index (χ0n) is 9.66. The van der Waals surface area contributed by atoms with Crippen LogP contribution in [-0.2, 0) is 0 Å². The van der Waals surface area contributed by atoms with Crippen LogP contribution in [0.15, 0.2) is 31.0 Å². The van der Waals surface area contributed by atoms with Gasteiger partial charge in [0, 0.05) is 12.6 Å². The molecule has 4 heteroatoms. The van der Waals surface area contributed by atoms with E-state index < -0.39 is 0 Å². The molecule has 1 aromatic heterocycles. The predicted octanol–water partition coefficient (Wildman–Crippen LogP) is 1.82. The summed E-state index contributed by atoms with van der Waals surface area (Å²) >= 11 is 0. The summed E-state index contributed by atoms with van der Waals surface area (Å²) in [6.07, 6.45) is 3.29. The third kappa shape index (κ3) is 3.73. The van der Waals surface area contributed by atoms with Crippen LogP contribution in [0.1, 0.15) is 24.3 Å². The number of amides is 1. The molecule has 0 radical (unpaired) electrons. The van der Waals surface area contributed by atoms with Crippen molar-refractivity contribution in [2.24, 2.45) is 0 Å². The summed E-state index contributed by atoms with van der Waals surface area (Å²) in [6, 6.07) is 3.89. The molecule has 1 heterocycles. The van der Waals surface area contributed by atoms with Crippen LogP contribution < -0.4 is 10.6 Å². The van der Waals surface area contributed by atoms with Gasteiger partial charge in [0.1, 0.15) is 5.69 Å². The fourth-order valence-electron chi connectivity index (χ4n) is 1.20. The van der Waals surface area contributed by atoms with Crippen molar-refractivity contribution < 1.29 is 4.79 Å². The first-order chi connectivity index (χ1) is 7.63. The molecule has 1 rings (SSSR count). The van der Waals surface area contributed by atoms with Crippen LogP contribution in [0.4, 0.5) is 5.69 Å². The molecule has 1 amide bonds. The Labute approximate surface area is 95.8 Å². The van der Waals surface area contributed by atoms with Crippen molar-refractivity contribution in [3.8, 4) is 0 Å². The Morgan fingerprint density at radius 1 is 1.56 bits per heavy atom. The summed E-state index contributed by atoms with van der Waals surface area (Å²) in [5.41, 5.74) is 1.33. The molecular weight excluding hydrogens is 202 g/mol. The second-order valence-electron chi connectivity index (χ2n) is 3.73. The molecule has 0 aliphatic heterocycles. The van der Waals surface area contributed by atoms with Gasteiger partial charge in [0.05, 0.1) is 11.9 Å². The Hall–Kier alpha value is -1.84. The van der Waals surface area contributed by atoms with E-state index in [9.17, 15) is 4.79 Å². The highest BCUT2D eigenvalue weighted by atomic mass is 16.1. The second kappa shape index (κ2) is 5.90.